The van der Waals surface area contributed by atoms with Crippen LogP contribution in [0.15, 0.2) is 60.3 Å². The van der Waals surface area contributed by atoms with E-state index >= 15 is 0 Å². The average Bonchev–Trinajstić information content (AvgIpc) is 2.93. The van der Waals surface area contributed by atoms with Crippen molar-refractivity contribution in [2.75, 3.05) is 18.0 Å². The summed E-state index contributed by atoms with van der Waals surface area (Å²) in [7, 11) is 0. The van der Waals surface area contributed by atoms with E-state index in [1.807, 2.05) is 30.3 Å². The molecule has 2 atom stereocenters. The van der Waals surface area contributed by atoms with Gasteiger partial charge in [0, 0.05) is 13.1 Å². The van der Waals surface area contributed by atoms with Crippen LogP contribution in [0.1, 0.15) is 25.8 Å². The second-order valence-corrected chi connectivity index (χ2v) is 8.24. The Labute approximate surface area is 170 Å². The molecule has 0 bridgehead atoms. The van der Waals surface area contributed by atoms with Crippen LogP contribution in [0.3, 0.4) is 0 Å². The van der Waals surface area contributed by atoms with Crippen LogP contribution in [-0.2, 0) is 9.59 Å². The maximum atomic E-state index is 13.5. The lowest BCUT2D eigenvalue weighted by Gasteiger charge is -2.37. The van der Waals surface area contributed by atoms with Crippen molar-refractivity contribution in [3.05, 3.63) is 70.9 Å². The first-order valence-electron chi connectivity index (χ1n) is 9.65. The van der Waals surface area contributed by atoms with Gasteiger partial charge in [0.25, 0.3) is 11.8 Å². The number of carbonyl (C=O) groups excluding carboxylic acids is 2. The fourth-order valence-electron chi connectivity index (χ4n) is 4.37. The minimum Gasteiger partial charge on any atom is -0.366 e. The summed E-state index contributed by atoms with van der Waals surface area (Å²) >= 11 is 6.33. The van der Waals surface area contributed by atoms with Crippen molar-refractivity contribution < 1.29 is 9.59 Å². The highest BCUT2D eigenvalue weighted by Crippen LogP contribution is 2.39. The number of hydrogen-bond acceptors (Lipinski definition) is 3. The summed E-state index contributed by atoms with van der Waals surface area (Å²) in [5.41, 5.74) is 2.15. The monoisotopic (exact) mass is 394 g/mol. The predicted molar refractivity (Wildman–Crippen MR) is 112 cm³/mol. The van der Waals surface area contributed by atoms with Crippen LogP contribution in [0.2, 0.25) is 5.02 Å². The number of anilines is 1. The summed E-state index contributed by atoms with van der Waals surface area (Å²) in [5, 5.41) is 0.387. The first kappa shape index (κ1) is 18.8. The number of carbonyl (C=O) groups is 2. The number of nitrogens with zero attached hydrogens (tertiary/aromatic N) is 2. The highest BCUT2D eigenvalue weighted by atomic mass is 35.5. The fourth-order valence-corrected chi connectivity index (χ4v) is 4.59. The predicted octanol–water partition coefficient (Wildman–Crippen LogP) is 4.60. The maximum Gasteiger partial charge on any atom is 0.282 e. The van der Waals surface area contributed by atoms with Crippen LogP contribution in [-0.4, -0.2) is 29.8 Å². The lowest BCUT2D eigenvalue weighted by Crippen LogP contribution is -2.42. The number of likely N-dealkylation sites (tertiary alicyclic amines) is 1. The van der Waals surface area contributed by atoms with Gasteiger partial charge in [-0.1, -0.05) is 67.9 Å². The molecule has 0 aromatic heterocycles. The van der Waals surface area contributed by atoms with Crippen molar-refractivity contribution >= 4 is 34.7 Å². The molecule has 2 aliphatic heterocycles. The molecule has 2 aromatic carbocycles. The average molecular weight is 395 g/mol. The van der Waals surface area contributed by atoms with E-state index in [9.17, 15) is 9.59 Å². The summed E-state index contributed by atoms with van der Waals surface area (Å²) in [5.74, 6) is 0.319. The number of amides is 2. The van der Waals surface area contributed by atoms with E-state index in [0.29, 0.717) is 33.8 Å². The van der Waals surface area contributed by atoms with Crippen molar-refractivity contribution in [3.8, 4) is 0 Å². The molecule has 2 amide bonds. The van der Waals surface area contributed by atoms with E-state index in [1.165, 1.54) is 4.90 Å². The van der Waals surface area contributed by atoms with E-state index in [0.717, 1.165) is 25.1 Å². The van der Waals surface area contributed by atoms with Gasteiger partial charge in [0.15, 0.2) is 0 Å². The van der Waals surface area contributed by atoms with Crippen molar-refractivity contribution in [3.63, 3.8) is 0 Å². The van der Waals surface area contributed by atoms with Gasteiger partial charge in [0.2, 0.25) is 0 Å². The smallest absolute Gasteiger partial charge is 0.282 e. The van der Waals surface area contributed by atoms with Crippen LogP contribution in [0, 0.1) is 11.8 Å². The molecule has 2 unspecified atom stereocenters. The first-order chi connectivity index (χ1) is 13.5. The van der Waals surface area contributed by atoms with Crippen LogP contribution in [0.5, 0.6) is 0 Å². The molecule has 1 saturated heterocycles. The van der Waals surface area contributed by atoms with E-state index in [1.54, 1.807) is 24.3 Å². The minimum absolute atomic E-state index is 0.293. The number of halogens is 1. The fraction of sp³-hybridized carbons (Fsp3) is 0.304. The molecule has 2 heterocycles. The molecular weight excluding hydrogens is 372 g/mol. The van der Waals surface area contributed by atoms with Crippen LogP contribution in [0.25, 0.3) is 5.57 Å². The Morgan fingerprint density at radius 2 is 1.46 bits per heavy atom. The van der Waals surface area contributed by atoms with Gasteiger partial charge in [-0.15, -0.1) is 0 Å². The third-order valence-electron chi connectivity index (χ3n) is 5.40. The van der Waals surface area contributed by atoms with Gasteiger partial charge in [0.05, 0.1) is 16.3 Å². The Balaban J connectivity index is 1.85. The Hall–Kier alpha value is -2.59. The Bertz CT molecular complexity index is 944. The number of benzene rings is 2. The Kier molecular flexibility index (Phi) is 4.98. The van der Waals surface area contributed by atoms with E-state index in [-0.39, 0.29) is 11.8 Å². The molecule has 4 rings (SSSR count). The Morgan fingerprint density at radius 1 is 0.857 bits per heavy atom. The van der Waals surface area contributed by atoms with E-state index in [4.69, 9.17) is 11.6 Å². The Morgan fingerprint density at radius 3 is 2.11 bits per heavy atom. The maximum absolute atomic E-state index is 13.5. The van der Waals surface area contributed by atoms with Gasteiger partial charge in [-0.25, -0.2) is 4.90 Å². The summed E-state index contributed by atoms with van der Waals surface area (Å²) in [6, 6.07) is 16.4. The number of hydrogen-bond donors (Lipinski definition) is 0. The van der Waals surface area contributed by atoms with Crippen LogP contribution < -0.4 is 4.90 Å². The molecule has 0 aliphatic carbocycles. The molecule has 5 heteroatoms. The molecule has 0 radical (unpaired) electrons. The highest BCUT2D eigenvalue weighted by Gasteiger charge is 2.44. The van der Waals surface area contributed by atoms with Crippen molar-refractivity contribution in [2.45, 2.75) is 20.3 Å². The van der Waals surface area contributed by atoms with Crippen molar-refractivity contribution in [1.29, 1.82) is 0 Å². The summed E-state index contributed by atoms with van der Waals surface area (Å²) in [6.45, 7) is 5.92. The zero-order valence-electron chi connectivity index (χ0n) is 16.1. The number of para-hydroxylation sites is 1. The number of piperidine rings is 1. The largest absolute Gasteiger partial charge is 0.366 e. The molecule has 144 valence electrons. The second kappa shape index (κ2) is 7.44. The van der Waals surface area contributed by atoms with Gasteiger partial charge in [-0.3, -0.25) is 9.59 Å². The van der Waals surface area contributed by atoms with Crippen LogP contribution in [0.4, 0.5) is 5.69 Å². The molecule has 2 aliphatic rings. The quantitative estimate of drug-likeness (QED) is 0.714. The molecule has 28 heavy (non-hydrogen) atoms. The SMILES string of the molecule is CC1CC(C)CN(C2=C(c3ccccc3)C(=O)N(c3ccccc3Cl)C2=O)C1. The first-order valence-corrected chi connectivity index (χ1v) is 10.0. The summed E-state index contributed by atoms with van der Waals surface area (Å²) in [6.07, 6.45) is 1.13. The molecule has 4 nitrogen and oxygen atoms in total. The summed E-state index contributed by atoms with van der Waals surface area (Å²) < 4.78 is 0. The third-order valence-corrected chi connectivity index (χ3v) is 5.72. The minimum atomic E-state index is -0.315. The van der Waals surface area contributed by atoms with Gasteiger partial charge in [0.1, 0.15) is 5.70 Å². The topological polar surface area (TPSA) is 40.6 Å². The summed E-state index contributed by atoms with van der Waals surface area (Å²) in [4.78, 5) is 30.3. The highest BCUT2D eigenvalue weighted by molar-refractivity contribution is 6.47. The zero-order valence-corrected chi connectivity index (χ0v) is 16.8. The molecular formula is C23H23ClN2O2. The van der Waals surface area contributed by atoms with Crippen molar-refractivity contribution in [1.82, 2.24) is 4.90 Å². The van der Waals surface area contributed by atoms with Gasteiger partial charge in [-0.05, 0) is 36.0 Å². The normalized spacial score (nSPS) is 23.0. The number of imide groups is 1. The van der Waals surface area contributed by atoms with Crippen LogP contribution >= 0.6 is 11.6 Å². The van der Waals surface area contributed by atoms with Gasteiger partial charge < -0.3 is 4.90 Å². The standard InChI is InChI=1S/C23H23ClN2O2/c1-15-12-16(2)14-25(13-15)21-20(17-8-4-3-5-9-17)22(27)26(23(21)28)19-11-7-6-10-18(19)24/h3-11,15-16H,12-14H2,1-2H3. The van der Waals surface area contributed by atoms with E-state index in [2.05, 4.69) is 18.7 Å². The molecule has 1 fully saturated rings. The van der Waals surface area contributed by atoms with Gasteiger partial charge >= 0.3 is 0 Å². The van der Waals surface area contributed by atoms with Crippen molar-refractivity contribution in [2.24, 2.45) is 11.8 Å². The van der Waals surface area contributed by atoms with Gasteiger partial charge in [-0.2, -0.15) is 0 Å². The molecule has 0 spiro atoms. The molecule has 0 saturated carbocycles. The number of rotatable bonds is 3. The lowest BCUT2D eigenvalue weighted by molar-refractivity contribution is -0.120. The second-order valence-electron chi connectivity index (χ2n) is 7.84. The molecule has 2 aromatic rings. The van der Waals surface area contributed by atoms with E-state index < -0.39 is 0 Å². The zero-order chi connectivity index (χ0) is 19.8. The third kappa shape index (κ3) is 3.22. The lowest BCUT2D eigenvalue weighted by atomic mass is 9.91. The molecule has 0 N–H and O–H groups in total.